The van der Waals surface area contributed by atoms with Gasteiger partial charge in [-0.15, -0.1) is 0 Å². The number of aliphatic imine (C=N–C) groups is 1. The van der Waals surface area contributed by atoms with Crippen molar-refractivity contribution < 1.29 is 18.6 Å². The van der Waals surface area contributed by atoms with Crippen LogP contribution in [0.25, 0.3) is 0 Å². The molecule has 35 heavy (non-hydrogen) atoms. The highest BCUT2D eigenvalue weighted by Gasteiger charge is 2.41. The predicted molar refractivity (Wildman–Crippen MR) is 135 cm³/mol. The number of nitrogens with zero attached hydrogens (tertiary/aromatic N) is 4. The van der Waals surface area contributed by atoms with Gasteiger partial charge in [0.2, 0.25) is 5.91 Å². The van der Waals surface area contributed by atoms with Crippen LogP contribution in [0.1, 0.15) is 31.9 Å². The first-order valence-electron chi connectivity index (χ1n) is 11.9. The number of carbonyl (C=O) groups is 2. The summed E-state index contributed by atoms with van der Waals surface area (Å²) in [5.74, 6) is 0.638. The lowest BCUT2D eigenvalue weighted by molar-refractivity contribution is -0.315. The standard InChI is InChI=1S/C27H28FN4O2S/c1-17(2)22-13-24(20-4-6-21(28)7-5-20)32-15-23(29-26(22)32)27(34)30-9-10-31(18(3)14-30)25(33)12-19-8-11-35-16-19/h4-8,11,13,15-18H,9-10,12,14H2,1-3H3/q+1. The van der Waals surface area contributed by atoms with Crippen LogP contribution in [-0.2, 0) is 16.0 Å². The highest BCUT2D eigenvalue weighted by Crippen LogP contribution is 2.28. The lowest BCUT2D eigenvalue weighted by Crippen LogP contribution is -2.55. The molecule has 1 atom stereocenters. The average molecular weight is 492 g/mol. The molecule has 180 valence electrons. The number of halogens is 1. The molecule has 4 heterocycles. The van der Waals surface area contributed by atoms with Gasteiger partial charge in [-0.3, -0.25) is 9.59 Å². The summed E-state index contributed by atoms with van der Waals surface area (Å²) in [6, 6.07) is 8.26. The minimum atomic E-state index is -0.288. The van der Waals surface area contributed by atoms with E-state index in [0.29, 0.717) is 31.8 Å². The van der Waals surface area contributed by atoms with Crippen LogP contribution in [0.5, 0.6) is 0 Å². The van der Waals surface area contributed by atoms with Crippen LogP contribution in [0.15, 0.2) is 69.6 Å². The largest absolute Gasteiger partial charge is 0.336 e. The van der Waals surface area contributed by atoms with Gasteiger partial charge in [0.05, 0.1) is 12.0 Å². The van der Waals surface area contributed by atoms with Crippen molar-refractivity contribution in [2.45, 2.75) is 33.2 Å². The van der Waals surface area contributed by atoms with Crippen molar-refractivity contribution in [2.24, 2.45) is 10.9 Å². The number of amides is 2. The average Bonchev–Trinajstić information content (AvgIpc) is 3.56. The molecule has 5 rings (SSSR count). The third-order valence-corrected chi connectivity index (χ3v) is 7.40. The summed E-state index contributed by atoms with van der Waals surface area (Å²) in [4.78, 5) is 34.6. The van der Waals surface area contributed by atoms with Crippen LogP contribution >= 0.6 is 11.3 Å². The Morgan fingerprint density at radius 3 is 2.63 bits per heavy atom. The molecule has 0 aliphatic carbocycles. The Labute approximate surface area is 208 Å². The Morgan fingerprint density at radius 1 is 1.20 bits per heavy atom. The molecule has 6 nitrogen and oxygen atoms in total. The Bertz CT molecular complexity index is 1290. The first-order valence-corrected chi connectivity index (χ1v) is 12.8. The van der Waals surface area contributed by atoms with Gasteiger partial charge in [0.1, 0.15) is 11.5 Å². The summed E-state index contributed by atoms with van der Waals surface area (Å²) in [5.41, 5.74) is 4.20. The van der Waals surface area contributed by atoms with E-state index in [0.717, 1.165) is 28.2 Å². The third kappa shape index (κ3) is 4.50. The number of fused-ring (bicyclic) bond motifs is 1. The van der Waals surface area contributed by atoms with Crippen molar-refractivity contribution in [1.82, 2.24) is 9.80 Å². The second-order valence-electron chi connectivity index (χ2n) is 9.46. The highest BCUT2D eigenvalue weighted by molar-refractivity contribution is 7.08. The normalized spacial score (nSPS) is 19.7. The number of hydrogen-bond acceptors (Lipinski definition) is 4. The molecule has 1 aromatic heterocycles. The molecule has 2 amide bonds. The van der Waals surface area contributed by atoms with Crippen molar-refractivity contribution in [3.05, 3.63) is 81.6 Å². The third-order valence-electron chi connectivity index (χ3n) is 6.67. The van der Waals surface area contributed by atoms with E-state index >= 15 is 0 Å². The Balaban J connectivity index is 1.34. The summed E-state index contributed by atoms with van der Waals surface area (Å²) in [6.07, 6.45) is 4.23. The number of benzene rings is 1. The van der Waals surface area contributed by atoms with E-state index in [9.17, 15) is 14.0 Å². The molecule has 1 aromatic carbocycles. The molecular formula is C27H28FN4O2S+. The molecule has 1 unspecified atom stereocenters. The lowest BCUT2D eigenvalue weighted by atomic mass is 10.0. The zero-order valence-electron chi connectivity index (χ0n) is 20.1. The van der Waals surface area contributed by atoms with E-state index in [2.05, 4.69) is 19.9 Å². The van der Waals surface area contributed by atoms with Gasteiger partial charge < -0.3 is 9.80 Å². The predicted octanol–water partition coefficient (Wildman–Crippen LogP) is 3.84. The topological polar surface area (TPSA) is 56.0 Å². The molecule has 1 saturated heterocycles. The fourth-order valence-electron chi connectivity index (χ4n) is 4.76. The zero-order valence-corrected chi connectivity index (χ0v) is 20.9. The molecule has 3 aliphatic heterocycles. The van der Waals surface area contributed by atoms with Gasteiger partial charge in [0, 0.05) is 31.2 Å². The van der Waals surface area contributed by atoms with Crippen molar-refractivity contribution in [2.75, 3.05) is 19.6 Å². The van der Waals surface area contributed by atoms with Gasteiger partial charge in [-0.1, -0.05) is 13.8 Å². The molecule has 0 spiro atoms. The maximum absolute atomic E-state index is 13.5. The minimum absolute atomic E-state index is 0.0687. The first kappa shape index (κ1) is 23.4. The van der Waals surface area contributed by atoms with Gasteiger partial charge in [-0.25, -0.2) is 4.39 Å². The zero-order chi connectivity index (χ0) is 24.7. The maximum Gasteiger partial charge on any atom is 0.332 e. The number of allylic oxidation sites excluding steroid dienone is 1. The van der Waals surface area contributed by atoms with E-state index in [1.165, 1.54) is 12.1 Å². The number of carbonyl (C=O) groups excluding carboxylic acids is 2. The fraction of sp³-hybridized carbons (Fsp3) is 0.333. The van der Waals surface area contributed by atoms with Crippen molar-refractivity contribution in [1.29, 1.82) is 0 Å². The van der Waals surface area contributed by atoms with Crippen LogP contribution in [0.3, 0.4) is 0 Å². The number of thiophene rings is 1. The molecule has 2 aromatic rings. The number of piperazine rings is 1. The van der Waals surface area contributed by atoms with E-state index < -0.39 is 0 Å². The monoisotopic (exact) mass is 491 g/mol. The molecule has 0 radical (unpaired) electrons. The molecule has 8 heteroatoms. The van der Waals surface area contributed by atoms with E-state index in [1.807, 2.05) is 33.2 Å². The second-order valence-corrected chi connectivity index (χ2v) is 10.2. The fourth-order valence-corrected chi connectivity index (χ4v) is 5.43. The Kier molecular flexibility index (Phi) is 6.23. The van der Waals surface area contributed by atoms with Crippen molar-refractivity contribution in [3.63, 3.8) is 0 Å². The van der Waals surface area contributed by atoms with Crippen molar-refractivity contribution >= 4 is 34.7 Å². The van der Waals surface area contributed by atoms with Crippen LogP contribution in [-0.4, -0.2) is 63.4 Å². The second kappa shape index (κ2) is 9.34. The van der Waals surface area contributed by atoms with Crippen LogP contribution in [0.2, 0.25) is 0 Å². The maximum atomic E-state index is 13.5. The molecule has 3 aliphatic rings. The van der Waals surface area contributed by atoms with Gasteiger partial charge in [0.25, 0.3) is 5.70 Å². The number of hydrogen-bond donors (Lipinski definition) is 0. The molecule has 0 saturated carbocycles. The minimum Gasteiger partial charge on any atom is -0.336 e. The summed E-state index contributed by atoms with van der Waals surface area (Å²) in [6.45, 7) is 7.62. The van der Waals surface area contributed by atoms with Gasteiger partial charge in [0.15, 0.2) is 6.20 Å². The van der Waals surface area contributed by atoms with Crippen LogP contribution in [0.4, 0.5) is 4.39 Å². The lowest BCUT2D eigenvalue weighted by Gasteiger charge is -2.39. The first-order chi connectivity index (χ1) is 16.8. The molecule has 0 N–H and O–H groups in total. The summed E-state index contributed by atoms with van der Waals surface area (Å²) in [7, 11) is 0. The SMILES string of the molecule is CC(C)C1=CC(c2ccc(F)cc2)=[N+]2C=C(C(=O)N3CCN(C(=O)Cc4ccsc4)C(C)C3)N=C12. The number of rotatable bonds is 5. The van der Waals surface area contributed by atoms with Crippen LogP contribution < -0.4 is 0 Å². The smallest absolute Gasteiger partial charge is 0.332 e. The molecular weight excluding hydrogens is 463 g/mol. The van der Waals surface area contributed by atoms with Gasteiger partial charge in [-0.05, 0) is 70.6 Å². The Hall–Kier alpha value is -3.39. The van der Waals surface area contributed by atoms with E-state index in [1.54, 1.807) is 34.6 Å². The van der Waals surface area contributed by atoms with E-state index in [4.69, 9.17) is 4.99 Å². The van der Waals surface area contributed by atoms with Gasteiger partial charge in [-0.2, -0.15) is 15.9 Å². The summed E-state index contributed by atoms with van der Waals surface area (Å²) in [5, 5.41) is 3.97. The summed E-state index contributed by atoms with van der Waals surface area (Å²) >= 11 is 1.59. The number of amidine groups is 1. The Morgan fingerprint density at radius 2 is 1.97 bits per heavy atom. The highest BCUT2D eigenvalue weighted by atomic mass is 32.1. The summed E-state index contributed by atoms with van der Waals surface area (Å²) < 4.78 is 15.4. The van der Waals surface area contributed by atoms with Gasteiger partial charge >= 0.3 is 11.7 Å². The molecule has 1 fully saturated rings. The quantitative estimate of drug-likeness (QED) is 0.597. The van der Waals surface area contributed by atoms with E-state index in [-0.39, 0.29) is 29.6 Å². The molecule has 0 bridgehead atoms. The van der Waals surface area contributed by atoms with Crippen LogP contribution in [0, 0.1) is 11.7 Å². The van der Waals surface area contributed by atoms with Crippen molar-refractivity contribution in [3.8, 4) is 0 Å².